The van der Waals surface area contributed by atoms with Crippen LogP contribution in [0.25, 0.3) is 0 Å². The Kier molecular flexibility index (Phi) is 4.00. The van der Waals surface area contributed by atoms with Crippen LogP contribution in [0.4, 0.5) is 5.69 Å². The van der Waals surface area contributed by atoms with Crippen molar-refractivity contribution in [1.82, 2.24) is 4.90 Å². The largest absolute Gasteiger partial charge is 0.367 e. The number of rotatable bonds is 3. The topological polar surface area (TPSA) is 39.1 Å². The number of piperidine rings is 1. The van der Waals surface area contributed by atoms with Crippen molar-refractivity contribution >= 4 is 5.69 Å². The SMILES string of the molecule is N#CC1(Nc2ccccc2)CCN(C2CCc3ccccc32)CC1. The van der Waals surface area contributed by atoms with E-state index in [9.17, 15) is 5.26 Å². The minimum absolute atomic E-state index is 0.435. The lowest BCUT2D eigenvalue weighted by molar-refractivity contribution is 0.141. The van der Waals surface area contributed by atoms with Crippen LogP contribution in [-0.2, 0) is 6.42 Å². The van der Waals surface area contributed by atoms with E-state index < -0.39 is 5.54 Å². The van der Waals surface area contributed by atoms with Crippen LogP contribution in [0, 0.1) is 11.3 Å². The molecule has 0 radical (unpaired) electrons. The van der Waals surface area contributed by atoms with Gasteiger partial charge in [0.2, 0.25) is 0 Å². The summed E-state index contributed by atoms with van der Waals surface area (Å²) in [4.78, 5) is 2.58. The molecule has 0 spiro atoms. The summed E-state index contributed by atoms with van der Waals surface area (Å²) in [6.45, 7) is 1.96. The van der Waals surface area contributed by atoms with Crippen molar-refractivity contribution in [2.45, 2.75) is 37.3 Å². The minimum atomic E-state index is -0.435. The molecule has 2 aromatic carbocycles. The number of hydrogen-bond acceptors (Lipinski definition) is 3. The van der Waals surface area contributed by atoms with E-state index in [-0.39, 0.29) is 0 Å². The highest BCUT2D eigenvalue weighted by atomic mass is 15.2. The summed E-state index contributed by atoms with van der Waals surface area (Å²) in [6, 6.07) is 22.0. The molecule has 2 aromatic rings. The number of para-hydroxylation sites is 1. The maximum atomic E-state index is 9.78. The summed E-state index contributed by atoms with van der Waals surface area (Å²) in [5, 5.41) is 13.3. The number of fused-ring (bicyclic) bond motifs is 1. The van der Waals surface area contributed by atoms with Gasteiger partial charge in [-0.2, -0.15) is 5.26 Å². The Morgan fingerprint density at radius 3 is 2.46 bits per heavy atom. The Balaban J connectivity index is 1.46. The second kappa shape index (κ2) is 6.30. The predicted molar refractivity (Wildman–Crippen MR) is 96.7 cm³/mol. The first-order chi connectivity index (χ1) is 11.8. The molecule has 1 aliphatic heterocycles. The maximum absolute atomic E-state index is 9.78. The van der Waals surface area contributed by atoms with Crippen molar-refractivity contribution < 1.29 is 0 Å². The maximum Gasteiger partial charge on any atom is 0.127 e. The van der Waals surface area contributed by atoms with Gasteiger partial charge in [-0.05, 0) is 48.9 Å². The van der Waals surface area contributed by atoms with Crippen molar-refractivity contribution in [3.8, 4) is 6.07 Å². The Morgan fingerprint density at radius 1 is 1.00 bits per heavy atom. The fourth-order valence-corrected chi connectivity index (χ4v) is 4.19. The van der Waals surface area contributed by atoms with E-state index in [1.807, 2.05) is 30.3 Å². The number of hydrogen-bond donors (Lipinski definition) is 1. The summed E-state index contributed by atoms with van der Waals surface area (Å²) in [7, 11) is 0. The molecular formula is C21H23N3. The third kappa shape index (κ3) is 2.79. The molecule has 0 bridgehead atoms. The Labute approximate surface area is 143 Å². The number of nitriles is 1. The molecule has 0 saturated carbocycles. The summed E-state index contributed by atoms with van der Waals surface area (Å²) in [5.74, 6) is 0. The highest BCUT2D eigenvalue weighted by Gasteiger charge is 2.38. The van der Waals surface area contributed by atoms with Gasteiger partial charge >= 0.3 is 0 Å². The molecule has 4 rings (SSSR count). The van der Waals surface area contributed by atoms with Crippen LogP contribution >= 0.6 is 0 Å². The molecule has 3 heteroatoms. The van der Waals surface area contributed by atoms with Crippen molar-refractivity contribution in [1.29, 1.82) is 5.26 Å². The predicted octanol–water partition coefficient (Wildman–Crippen LogP) is 4.14. The second-order valence-corrected chi connectivity index (χ2v) is 6.97. The van der Waals surface area contributed by atoms with Gasteiger partial charge in [0.05, 0.1) is 6.07 Å². The van der Waals surface area contributed by atoms with Gasteiger partial charge in [0.1, 0.15) is 5.54 Å². The lowest BCUT2D eigenvalue weighted by Gasteiger charge is -2.41. The van der Waals surface area contributed by atoms with Crippen LogP contribution in [-0.4, -0.2) is 23.5 Å². The Morgan fingerprint density at radius 2 is 1.71 bits per heavy atom. The highest BCUT2D eigenvalue weighted by molar-refractivity contribution is 5.47. The van der Waals surface area contributed by atoms with Gasteiger partial charge in [0.15, 0.2) is 0 Å². The molecule has 1 fully saturated rings. The molecule has 0 amide bonds. The van der Waals surface area contributed by atoms with Crippen LogP contribution in [0.15, 0.2) is 54.6 Å². The number of nitrogens with zero attached hydrogens (tertiary/aromatic N) is 2. The summed E-state index contributed by atoms with van der Waals surface area (Å²) >= 11 is 0. The summed E-state index contributed by atoms with van der Waals surface area (Å²) in [5.41, 5.74) is 3.61. The number of nitrogens with one attached hydrogen (secondary N) is 1. The number of anilines is 1. The minimum Gasteiger partial charge on any atom is -0.367 e. The molecule has 1 atom stereocenters. The van der Waals surface area contributed by atoms with Gasteiger partial charge in [-0.15, -0.1) is 0 Å². The standard InChI is InChI=1S/C21H23N3/c22-16-21(23-18-7-2-1-3-8-18)12-14-24(15-13-21)20-11-10-17-6-4-5-9-19(17)20/h1-9,20,23H,10-15H2. The molecular weight excluding hydrogens is 294 g/mol. The summed E-state index contributed by atoms with van der Waals surface area (Å²) < 4.78 is 0. The second-order valence-electron chi connectivity index (χ2n) is 6.97. The zero-order chi connectivity index (χ0) is 16.4. The molecule has 1 saturated heterocycles. The molecule has 2 aliphatic rings. The lowest BCUT2D eigenvalue weighted by atomic mass is 9.87. The van der Waals surface area contributed by atoms with E-state index in [2.05, 4.69) is 40.6 Å². The van der Waals surface area contributed by atoms with Crippen molar-refractivity contribution in [2.24, 2.45) is 0 Å². The van der Waals surface area contributed by atoms with Crippen molar-refractivity contribution in [3.05, 3.63) is 65.7 Å². The molecule has 3 nitrogen and oxygen atoms in total. The fourth-order valence-electron chi connectivity index (χ4n) is 4.19. The van der Waals surface area contributed by atoms with Crippen LogP contribution in [0.2, 0.25) is 0 Å². The third-order valence-electron chi connectivity index (χ3n) is 5.56. The zero-order valence-electron chi connectivity index (χ0n) is 13.9. The number of benzene rings is 2. The Bertz CT molecular complexity index is 739. The highest BCUT2D eigenvalue weighted by Crippen LogP contribution is 2.38. The van der Waals surface area contributed by atoms with Crippen molar-refractivity contribution in [3.63, 3.8) is 0 Å². The van der Waals surface area contributed by atoms with E-state index in [4.69, 9.17) is 0 Å². The van der Waals surface area contributed by atoms with Crippen LogP contribution < -0.4 is 5.32 Å². The monoisotopic (exact) mass is 317 g/mol. The van der Waals surface area contributed by atoms with Gasteiger partial charge in [-0.1, -0.05) is 42.5 Å². The molecule has 1 heterocycles. The van der Waals surface area contributed by atoms with E-state index in [1.54, 1.807) is 0 Å². The third-order valence-corrected chi connectivity index (χ3v) is 5.56. The Hall–Kier alpha value is -2.31. The van der Waals surface area contributed by atoms with Gasteiger partial charge < -0.3 is 5.32 Å². The van der Waals surface area contributed by atoms with Crippen LogP contribution in [0.3, 0.4) is 0 Å². The number of likely N-dealkylation sites (tertiary alicyclic amines) is 1. The van der Waals surface area contributed by atoms with E-state index in [0.717, 1.165) is 31.6 Å². The van der Waals surface area contributed by atoms with Gasteiger partial charge in [0.25, 0.3) is 0 Å². The van der Waals surface area contributed by atoms with E-state index in [1.165, 1.54) is 24.0 Å². The fraction of sp³-hybridized carbons (Fsp3) is 0.381. The first-order valence-corrected chi connectivity index (χ1v) is 8.86. The zero-order valence-corrected chi connectivity index (χ0v) is 13.9. The average molecular weight is 317 g/mol. The molecule has 122 valence electrons. The van der Waals surface area contributed by atoms with Crippen LogP contribution in [0.1, 0.15) is 36.4 Å². The number of aryl methyl sites for hydroxylation is 1. The van der Waals surface area contributed by atoms with Gasteiger partial charge in [-0.25, -0.2) is 0 Å². The summed E-state index contributed by atoms with van der Waals surface area (Å²) in [6.07, 6.45) is 4.14. The average Bonchev–Trinajstić information content (AvgIpc) is 3.07. The lowest BCUT2D eigenvalue weighted by Crippen LogP contribution is -2.49. The molecule has 1 unspecified atom stereocenters. The molecule has 0 aromatic heterocycles. The van der Waals surface area contributed by atoms with E-state index >= 15 is 0 Å². The van der Waals surface area contributed by atoms with Gasteiger partial charge in [0, 0.05) is 24.8 Å². The van der Waals surface area contributed by atoms with Crippen LogP contribution in [0.5, 0.6) is 0 Å². The molecule has 1 N–H and O–H groups in total. The van der Waals surface area contributed by atoms with Crippen molar-refractivity contribution in [2.75, 3.05) is 18.4 Å². The first-order valence-electron chi connectivity index (χ1n) is 8.86. The quantitative estimate of drug-likeness (QED) is 0.924. The smallest absolute Gasteiger partial charge is 0.127 e. The molecule has 24 heavy (non-hydrogen) atoms. The normalized spacial score (nSPS) is 22.5. The van der Waals surface area contributed by atoms with E-state index in [0.29, 0.717) is 6.04 Å². The molecule has 1 aliphatic carbocycles. The van der Waals surface area contributed by atoms with Gasteiger partial charge in [-0.3, -0.25) is 4.90 Å². The first kappa shape index (κ1) is 15.2.